The summed E-state index contributed by atoms with van der Waals surface area (Å²) in [7, 11) is -3.77. The number of pyridine rings is 1. The van der Waals surface area contributed by atoms with Crippen LogP contribution < -0.4 is 15.2 Å². The molecule has 8 nitrogen and oxygen atoms in total. The van der Waals surface area contributed by atoms with Gasteiger partial charge in [0.05, 0.1) is 29.2 Å². The molecule has 0 aliphatic heterocycles. The molecule has 0 aliphatic rings. The molecule has 0 spiro atoms. The molecule has 1 aromatic carbocycles. The van der Waals surface area contributed by atoms with Crippen LogP contribution in [0.4, 0.5) is 18.9 Å². The van der Waals surface area contributed by atoms with Crippen LogP contribution in [0.3, 0.4) is 0 Å². The average molecular weight is 444 g/mol. The molecule has 2 rings (SSSR count). The summed E-state index contributed by atoms with van der Waals surface area (Å²) in [6.45, 7) is 2.77. The van der Waals surface area contributed by atoms with E-state index in [2.05, 4.69) is 4.98 Å². The van der Waals surface area contributed by atoms with Crippen LogP contribution in [0.25, 0.3) is 0 Å². The number of alkyl halides is 2. The number of anilines is 1. The van der Waals surface area contributed by atoms with Gasteiger partial charge in [0, 0.05) is 6.20 Å². The van der Waals surface area contributed by atoms with E-state index in [1.54, 1.807) is 17.8 Å². The van der Waals surface area contributed by atoms with Gasteiger partial charge in [0.25, 0.3) is 5.91 Å². The molecule has 1 aromatic heterocycles. The van der Waals surface area contributed by atoms with Gasteiger partial charge in [-0.25, -0.2) is 12.8 Å². The molecule has 162 valence electrons. The first-order valence-corrected chi connectivity index (χ1v) is 10.3. The Hall–Kier alpha value is -3.15. The fourth-order valence-electron chi connectivity index (χ4n) is 2.29. The highest BCUT2D eigenvalue weighted by atomic mass is 32.2. The Kier molecular flexibility index (Phi) is 7.38. The summed E-state index contributed by atoms with van der Waals surface area (Å²) in [5, 5.41) is 0. The number of hydrogen-bond donors (Lipinski definition) is 2. The van der Waals surface area contributed by atoms with E-state index in [0.717, 1.165) is 16.6 Å². The van der Waals surface area contributed by atoms with Crippen molar-refractivity contribution < 1.29 is 31.2 Å². The minimum absolute atomic E-state index is 0.0559. The van der Waals surface area contributed by atoms with Crippen molar-refractivity contribution in [3.05, 3.63) is 59.2 Å². The second-order valence-corrected chi connectivity index (χ2v) is 8.30. The van der Waals surface area contributed by atoms with Gasteiger partial charge < -0.3 is 0 Å². The zero-order chi connectivity index (χ0) is 22.5. The van der Waals surface area contributed by atoms with Gasteiger partial charge >= 0.3 is 12.3 Å². The Bertz CT molecular complexity index is 1030. The Morgan fingerprint density at radius 2 is 1.87 bits per heavy atom. The molecular formula is C18H19F3N4O4S. The predicted molar refractivity (Wildman–Crippen MR) is 103 cm³/mol. The number of rotatable bonds is 7. The lowest BCUT2D eigenvalue weighted by molar-refractivity contribution is -0.132. The quantitative estimate of drug-likeness (QED) is 0.635. The lowest BCUT2D eigenvalue weighted by Gasteiger charge is -2.24. The first-order valence-electron chi connectivity index (χ1n) is 8.65. The number of halogens is 3. The van der Waals surface area contributed by atoms with Crippen molar-refractivity contribution in [1.29, 1.82) is 0 Å². The van der Waals surface area contributed by atoms with Crippen molar-refractivity contribution in [2.45, 2.75) is 26.8 Å². The summed E-state index contributed by atoms with van der Waals surface area (Å²) in [5.41, 5.74) is 4.03. The van der Waals surface area contributed by atoms with Gasteiger partial charge in [-0.3, -0.25) is 29.7 Å². The maximum Gasteiger partial charge on any atom is 0.317 e. The highest BCUT2D eigenvalue weighted by Gasteiger charge is 2.23. The molecule has 2 N–H and O–H groups in total. The van der Waals surface area contributed by atoms with Crippen LogP contribution in [0, 0.1) is 12.7 Å². The molecule has 0 unspecified atom stereocenters. The number of benzene rings is 1. The summed E-state index contributed by atoms with van der Waals surface area (Å²) in [6, 6.07) is 6.66. The molecule has 0 saturated carbocycles. The zero-order valence-electron chi connectivity index (χ0n) is 16.0. The third-order valence-corrected chi connectivity index (χ3v) is 5.78. The Morgan fingerprint density at radius 3 is 2.40 bits per heavy atom. The standard InChI is InChI=1S/C18H19F3N4O4S/c1-3-30(28,29)25(14-7-4-11(2)15(19)8-14)10-13-6-5-12(9-22-13)17(26)23-24-18(27)16(20)21/h4-9,16H,3,10H2,1-2H3,(H,23,26)(H,24,27). The highest BCUT2D eigenvalue weighted by Crippen LogP contribution is 2.23. The van der Waals surface area contributed by atoms with Crippen LogP contribution in [0.5, 0.6) is 0 Å². The minimum Gasteiger partial charge on any atom is -0.267 e. The van der Waals surface area contributed by atoms with Crippen molar-refractivity contribution in [3.8, 4) is 0 Å². The van der Waals surface area contributed by atoms with E-state index >= 15 is 0 Å². The summed E-state index contributed by atoms with van der Waals surface area (Å²) in [6.07, 6.45) is -2.20. The topological polar surface area (TPSA) is 108 Å². The van der Waals surface area contributed by atoms with E-state index in [1.807, 2.05) is 0 Å². The molecule has 2 amide bonds. The average Bonchev–Trinajstić information content (AvgIpc) is 2.72. The first-order chi connectivity index (χ1) is 14.0. The Morgan fingerprint density at radius 1 is 1.17 bits per heavy atom. The van der Waals surface area contributed by atoms with Gasteiger partial charge in [0.15, 0.2) is 0 Å². The Balaban J connectivity index is 2.20. The zero-order valence-corrected chi connectivity index (χ0v) is 16.8. The molecule has 0 bridgehead atoms. The van der Waals surface area contributed by atoms with Crippen LogP contribution in [0.15, 0.2) is 36.5 Å². The van der Waals surface area contributed by atoms with Crippen molar-refractivity contribution in [1.82, 2.24) is 15.8 Å². The van der Waals surface area contributed by atoms with E-state index < -0.39 is 34.1 Å². The Labute approximate surface area is 171 Å². The fourth-order valence-corrected chi connectivity index (χ4v) is 3.36. The number of carbonyl (C=O) groups is 2. The number of amides is 2. The molecule has 1 heterocycles. The largest absolute Gasteiger partial charge is 0.317 e. The van der Waals surface area contributed by atoms with E-state index in [9.17, 15) is 31.2 Å². The minimum atomic E-state index is -3.77. The predicted octanol–water partition coefficient (Wildman–Crippen LogP) is 1.91. The maximum absolute atomic E-state index is 13.9. The van der Waals surface area contributed by atoms with Gasteiger partial charge in [-0.05, 0) is 43.7 Å². The molecule has 0 saturated heterocycles. The fraction of sp³-hybridized carbons (Fsp3) is 0.278. The lowest BCUT2D eigenvalue weighted by atomic mass is 10.2. The van der Waals surface area contributed by atoms with Crippen LogP contribution >= 0.6 is 0 Å². The van der Waals surface area contributed by atoms with E-state index in [0.29, 0.717) is 5.56 Å². The van der Waals surface area contributed by atoms with E-state index in [-0.39, 0.29) is 29.2 Å². The number of aromatic nitrogens is 1. The third-order valence-electron chi connectivity index (χ3n) is 4.03. The number of hydrazine groups is 1. The number of carbonyl (C=O) groups excluding carboxylic acids is 2. The van der Waals surface area contributed by atoms with Crippen molar-refractivity contribution in [2.75, 3.05) is 10.1 Å². The van der Waals surface area contributed by atoms with Crippen LogP contribution in [0.2, 0.25) is 0 Å². The van der Waals surface area contributed by atoms with Crippen LogP contribution in [-0.2, 0) is 21.4 Å². The van der Waals surface area contributed by atoms with E-state index in [4.69, 9.17) is 0 Å². The third kappa shape index (κ3) is 5.69. The molecule has 0 atom stereocenters. The number of hydrogen-bond acceptors (Lipinski definition) is 5. The lowest BCUT2D eigenvalue weighted by Crippen LogP contribution is -2.44. The first kappa shape index (κ1) is 23.1. The number of aryl methyl sites for hydroxylation is 1. The normalized spacial score (nSPS) is 11.3. The van der Waals surface area contributed by atoms with Gasteiger partial charge in [-0.1, -0.05) is 6.07 Å². The van der Waals surface area contributed by atoms with Gasteiger partial charge in [0.2, 0.25) is 10.0 Å². The smallest absolute Gasteiger partial charge is 0.267 e. The summed E-state index contributed by atoms with van der Waals surface area (Å²) in [5.74, 6) is -3.35. The van der Waals surface area contributed by atoms with Gasteiger partial charge in [0.1, 0.15) is 5.82 Å². The molecule has 12 heteroatoms. The van der Waals surface area contributed by atoms with Crippen molar-refractivity contribution >= 4 is 27.5 Å². The number of nitrogens with one attached hydrogen (secondary N) is 2. The SMILES string of the molecule is CCS(=O)(=O)N(Cc1ccc(C(=O)NNC(=O)C(F)F)cn1)c1ccc(C)c(F)c1. The van der Waals surface area contributed by atoms with Crippen LogP contribution in [0.1, 0.15) is 28.5 Å². The summed E-state index contributed by atoms with van der Waals surface area (Å²) < 4.78 is 64.1. The number of sulfonamides is 1. The van der Waals surface area contributed by atoms with Crippen molar-refractivity contribution in [3.63, 3.8) is 0 Å². The maximum atomic E-state index is 13.9. The molecule has 30 heavy (non-hydrogen) atoms. The monoisotopic (exact) mass is 444 g/mol. The second kappa shape index (κ2) is 9.57. The molecule has 0 radical (unpaired) electrons. The second-order valence-electron chi connectivity index (χ2n) is 6.12. The molecule has 2 aromatic rings. The summed E-state index contributed by atoms with van der Waals surface area (Å²) in [4.78, 5) is 26.6. The van der Waals surface area contributed by atoms with Crippen molar-refractivity contribution in [2.24, 2.45) is 0 Å². The van der Waals surface area contributed by atoms with Crippen LogP contribution in [-0.4, -0.2) is 37.4 Å². The molecule has 0 aliphatic carbocycles. The van der Waals surface area contributed by atoms with Gasteiger partial charge in [-0.2, -0.15) is 8.78 Å². The number of nitrogens with zero attached hydrogens (tertiary/aromatic N) is 2. The highest BCUT2D eigenvalue weighted by molar-refractivity contribution is 7.92. The molecule has 0 fully saturated rings. The molecular weight excluding hydrogens is 425 g/mol. The van der Waals surface area contributed by atoms with E-state index in [1.165, 1.54) is 31.2 Å². The van der Waals surface area contributed by atoms with Gasteiger partial charge in [-0.15, -0.1) is 0 Å². The summed E-state index contributed by atoms with van der Waals surface area (Å²) >= 11 is 0.